The van der Waals surface area contributed by atoms with Crippen molar-refractivity contribution in [2.75, 3.05) is 12.4 Å². The fraction of sp³-hybridized carbons (Fsp3) is 0.0667. The Bertz CT molecular complexity index is 894. The lowest BCUT2D eigenvalue weighted by Gasteiger charge is -2.04. The molecule has 4 nitrogen and oxygen atoms in total. The number of aromatic nitrogens is 1. The van der Waals surface area contributed by atoms with E-state index in [1.165, 1.54) is 13.2 Å². The molecule has 0 bridgehead atoms. The number of thiazole rings is 1. The van der Waals surface area contributed by atoms with Gasteiger partial charge in [-0.2, -0.15) is 0 Å². The fourth-order valence-corrected chi connectivity index (χ4v) is 3.20. The SMILES string of the molecule is COc1ccc(Cl)c2sc(NC(=O)c3c(F)cccc3F)nc12. The molecule has 23 heavy (non-hydrogen) atoms. The molecule has 0 aliphatic rings. The van der Waals surface area contributed by atoms with Crippen LogP contribution in [-0.4, -0.2) is 18.0 Å². The Hall–Kier alpha value is -2.25. The molecule has 1 aromatic heterocycles. The average Bonchev–Trinajstić information content (AvgIpc) is 2.92. The summed E-state index contributed by atoms with van der Waals surface area (Å²) in [6, 6.07) is 6.49. The van der Waals surface area contributed by atoms with Gasteiger partial charge in [0.1, 0.15) is 28.5 Å². The Morgan fingerprint density at radius 1 is 1.26 bits per heavy atom. The van der Waals surface area contributed by atoms with Crippen molar-refractivity contribution in [2.45, 2.75) is 0 Å². The molecule has 0 aliphatic carbocycles. The topological polar surface area (TPSA) is 51.2 Å². The van der Waals surface area contributed by atoms with Gasteiger partial charge in [0.05, 0.1) is 16.8 Å². The Morgan fingerprint density at radius 2 is 1.96 bits per heavy atom. The zero-order chi connectivity index (χ0) is 16.6. The van der Waals surface area contributed by atoms with E-state index < -0.39 is 23.1 Å². The second-order valence-electron chi connectivity index (χ2n) is 4.50. The lowest BCUT2D eigenvalue weighted by molar-refractivity contribution is 0.101. The molecule has 118 valence electrons. The molecule has 1 heterocycles. The van der Waals surface area contributed by atoms with E-state index in [1.807, 2.05) is 0 Å². The number of amides is 1. The van der Waals surface area contributed by atoms with Crippen LogP contribution in [0.15, 0.2) is 30.3 Å². The number of nitrogens with zero attached hydrogens (tertiary/aromatic N) is 1. The zero-order valence-corrected chi connectivity index (χ0v) is 13.3. The molecular weight excluding hydrogens is 346 g/mol. The number of hydrogen-bond donors (Lipinski definition) is 1. The predicted molar refractivity (Wildman–Crippen MR) is 85.5 cm³/mol. The second-order valence-corrected chi connectivity index (χ2v) is 5.90. The minimum Gasteiger partial charge on any atom is -0.494 e. The van der Waals surface area contributed by atoms with E-state index in [2.05, 4.69) is 10.3 Å². The first kappa shape index (κ1) is 15.6. The van der Waals surface area contributed by atoms with Crippen LogP contribution in [-0.2, 0) is 0 Å². The minimum atomic E-state index is -0.945. The van der Waals surface area contributed by atoms with Crippen molar-refractivity contribution in [2.24, 2.45) is 0 Å². The number of benzene rings is 2. The van der Waals surface area contributed by atoms with Gasteiger partial charge in [-0.25, -0.2) is 13.8 Å². The van der Waals surface area contributed by atoms with Gasteiger partial charge < -0.3 is 4.74 Å². The molecule has 0 radical (unpaired) electrons. The Kier molecular flexibility index (Phi) is 4.14. The number of anilines is 1. The number of carbonyl (C=O) groups excluding carboxylic acids is 1. The number of ether oxygens (including phenoxy) is 1. The number of methoxy groups -OCH3 is 1. The highest BCUT2D eigenvalue weighted by Crippen LogP contribution is 2.37. The van der Waals surface area contributed by atoms with Gasteiger partial charge in [0.15, 0.2) is 5.13 Å². The second kappa shape index (κ2) is 6.10. The van der Waals surface area contributed by atoms with E-state index >= 15 is 0 Å². The van der Waals surface area contributed by atoms with Gasteiger partial charge in [-0.15, -0.1) is 0 Å². The summed E-state index contributed by atoms with van der Waals surface area (Å²) in [5.74, 6) is -2.33. The van der Waals surface area contributed by atoms with Crippen molar-refractivity contribution in [1.82, 2.24) is 4.98 Å². The molecule has 0 unspecified atom stereocenters. The Morgan fingerprint density at radius 3 is 2.61 bits per heavy atom. The number of hydrogen-bond acceptors (Lipinski definition) is 4. The molecule has 1 N–H and O–H groups in total. The first-order chi connectivity index (χ1) is 11.0. The summed E-state index contributed by atoms with van der Waals surface area (Å²) in [6.45, 7) is 0. The normalized spacial score (nSPS) is 10.8. The zero-order valence-electron chi connectivity index (χ0n) is 11.7. The average molecular weight is 355 g/mol. The van der Waals surface area contributed by atoms with Crippen LogP contribution in [0.1, 0.15) is 10.4 Å². The molecular formula is C15H9ClF2N2O2S. The van der Waals surface area contributed by atoms with E-state index in [4.69, 9.17) is 16.3 Å². The molecule has 3 rings (SSSR count). The first-order valence-corrected chi connectivity index (χ1v) is 7.59. The summed E-state index contributed by atoms with van der Waals surface area (Å²) in [5.41, 5.74) is -0.195. The monoisotopic (exact) mass is 354 g/mol. The van der Waals surface area contributed by atoms with Gasteiger partial charge in [-0.1, -0.05) is 29.0 Å². The van der Waals surface area contributed by atoms with Gasteiger partial charge in [0.25, 0.3) is 5.91 Å². The largest absolute Gasteiger partial charge is 0.494 e. The summed E-state index contributed by atoms with van der Waals surface area (Å²) >= 11 is 7.17. The first-order valence-electron chi connectivity index (χ1n) is 6.39. The quantitative estimate of drug-likeness (QED) is 0.754. The van der Waals surface area contributed by atoms with Crippen molar-refractivity contribution >= 4 is 44.2 Å². The number of nitrogens with one attached hydrogen (secondary N) is 1. The van der Waals surface area contributed by atoms with Crippen molar-refractivity contribution in [3.05, 3.63) is 52.6 Å². The molecule has 0 spiro atoms. The number of fused-ring (bicyclic) bond motifs is 1. The smallest absolute Gasteiger partial charge is 0.263 e. The molecule has 3 aromatic rings. The van der Waals surface area contributed by atoms with Gasteiger partial charge >= 0.3 is 0 Å². The van der Waals surface area contributed by atoms with Crippen LogP contribution >= 0.6 is 22.9 Å². The van der Waals surface area contributed by atoms with E-state index in [0.29, 0.717) is 21.0 Å². The summed E-state index contributed by atoms with van der Waals surface area (Å²) in [5, 5.41) is 2.99. The molecule has 8 heteroatoms. The van der Waals surface area contributed by atoms with Crippen molar-refractivity contribution < 1.29 is 18.3 Å². The van der Waals surface area contributed by atoms with Crippen molar-refractivity contribution in [3.63, 3.8) is 0 Å². The molecule has 0 aliphatic heterocycles. The summed E-state index contributed by atoms with van der Waals surface area (Å²) in [7, 11) is 1.48. The van der Waals surface area contributed by atoms with Crippen LogP contribution < -0.4 is 10.1 Å². The van der Waals surface area contributed by atoms with Crippen molar-refractivity contribution in [3.8, 4) is 5.75 Å². The number of carbonyl (C=O) groups is 1. The molecule has 1 amide bonds. The highest BCUT2D eigenvalue weighted by atomic mass is 35.5. The van der Waals surface area contributed by atoms with Gasteiger partial charge in [-0.3, -0.25) is 10.1 Å². The highest BCUT2D eigenvalue weighted by molar-refractivity contribution is 7.23. The van der Waals surface area contributed by atoms with E-state index in [0.717, 1.165) is 23.5 Å². The third kappa shape index (κ3) is 2.85. The lowest BCUT2D eigenvalue weighted by atomic mass is 10.2. The summed E-state index contributed by atoms with van der Waals surface area (Å²) in [6.07, 6.45) is 0. The molecule has 2 aromatic carbocycles. The number of halogens is 3. The Labute approximate surface area is 138 Å². The van der Waals surface area contributed by atoms with E-state index in [-0.39, 0.29) is 5.13 Å². The molecule has 0 fully saturated rings. The van der Waals surface area contributed by atoms with Gasteiger partial charge in [0.2, 0.25) is 0 Å². The third-order valence-corrected chi connectivity index (χ3v) is 4.52. The Balaban J connectivity index is 1.99. The maximum Gasteiger partial charge on any atom is 0.263 e. The summed E-state index contributed by atoms with van der Waals surface area (Å²) in [4.78, 5) is 16.3. The third-order valence-electron chi connectivity index (χ3n) is 3.09. The predicted octanol–water partition coefficient (Wildman–Crippen LogP) is 4.49. The van der Waals surface area contributed by atoms with Crippen LogP contribution in [0, 0.1) is 11.6 Å². The van der Waals surface area contributed by atoms with Crippen molar-refractivity contribution in [1.29, 1.82) is 0 Å². The standard InChI is InChI=1S/C15H9ClF2N2O2S/c1-22-10-6-5-7(16)13-12(10)19-15(23-13)20-14(21)11-8(17)3-2-4-9(11)18/h2-6H,1H3,(H,19,20,21). The maximum absolute atomic E-state index is 13.6. The molecule has 0 saturated carbocycles. The lowest BCUT2D eigenvalue weighted by Crippen LogP contribution is -2.15. The highest BCUT2D eigenvalue weighted by Gasteiger charge is 2.19. The fourth-order valence-electron chi connectivity index (χ4n) is 2.05. The van der Waals surface area contributed by atoms with Gasteiger partial charge in [0, 0.05) is 0 Å². The van der Waals surface area contributed by atoms with Gasteiger partial charge in [-0.05, 0) is 24.3 Å². The molecule has 0 atom stereocenters. The van der Waals surface area contributed by atoms with Crippen LogP contribution in [0.4, 0.5) is 13.9 Å². The summed E-state index contributed by atoms with van der Waals surface area (Å²) < 4.78 is 33.0. The van der Waals surface area contributed by atoms with E-state index in [1.54, 1.807) is 12.1 Å². The number of rotatable bonds is 3. The van der Waals surface area contributed by atoms with E-state index in [9.17, 15) is 13.6 Å². The van der Waals surface area contributed by atoms with Crippen LogP contribution in [0.5, 0.6) is 5.75 Å². The van der Waals surface area contributed by atoms with Crippen LogP contribution in [0.3, 0.4) is 0 Å². The van der Waals surface area contributed by atoms with Crippen LogP contribution in [0.25, 0.3) is 10.2 Å². The van der Waals surface area contributed by atoms with Crippen LogP contribution in [0.2, 0.25) is 5.02 Å². The molecule has 0 saturated heterocycles. The maximum atomic E-state index is 13.6. The minimum absolute atomic E-state index is 0.166.